The predicted molar refractivity (Wildman–Crippen MR) is 95.0 cm³/mol. The van der Waals surface area contributed by atoms with Gasteiger partial charge >= 0.3 is 0 Å². The lowest BCUT2D eigenvalue weighted by Crippen LogP contribution is -2.12. The van der Waals surface area contributed by atoms with Crippen LogP contribution in [-0.2, 0) is 16.6 Å². The largest absolute Gasteiger partial charge is 0.392 e. The Morgan fingerprint density at radius 2 is 1.54 bits per heavy atom. The molecular formula is C19H15F2NO3S. The van der Waals surface area contributed by atoms with Gasteiger partial charge in [0.15, 0.2) is 0 Å². The molecule has 3 aromatic carbocycles. The van der Waals surface area contributed by atoms with Crippen LogP contribution in [0.15, 0.2) is 71.6 Å². The summed E-state index contributed by atoms with van der Waals surface area (Å²) in [5, 5.41) is 9.01. The van der Waals surface area contributed by atoms with Gasteiger partial charge in [-0.15, -0.1) is 0 Å². The Kier molecular flexibility index (Phi) is 5.01. The highest BCUT2D eigenvalue weighted by molar-refractivity contribution is 7.92. The molecule has 0 bridgehead atoms. The van der Waals surface area contributed by atoms with Crippen molar-refractivity contribution >= 4 is 15.7 Å². The molecule has 0 unspecified atom stereocenters. The fourth-order valence-corrected chi connectivity index (χ4v) is 3.49. The first-order valence-corrected chi connectivity index (χ1v) is 9.15. The number of rotatable bonds is 5. The lowest BCUT2D eigenvalue weighted by Gasteiger charge is -2.10. The second-order valence-corrected chi connectivity index (χ2v) is 7.29. The van der Waals surface area contributed by atoms with Crippen LogP contribution in [0.1, 0.15) is 5.56 Å². The maximum atomic E-state index is 13.8. The molecule has 0 aliphatic carbocycles. The smallest absolute Gasteiger partial charge is 0.261 e. The first-order valence-electron chi connectivity index (χ1n) is 7.67. The van der Waals surface area contributed by atoms with Crippen molar-refractivity contribution in [1.29, 1.82) is 0 Å². The normalized spacial score (nSPS) is 11.3. The lowest BCUT2D eigenvalue weighted by atomic mass is 10.1. The summed E-state index contributed by atoms with van der Waals surface area (Å²) in [6.45, 7) is -0.131. The van der Waals surface area contributed by atoms with Crippen molar-refractivity contribution in [2.45, 2.75) is 11.5 Å². The van der Waals surface area contributed by atoms with Gasteiger partial charge in [-0.25, -0.2) is 17.2 Å². The Bertz CT molecular complexity index is 1020. The highest BCUT2D eigenvalue weighted by atomic mass is 32.2. The van der Waals surface area contributed by atoms with Gasteiger partial charge in [-0.05, 0) is 47.5 Å². The zero-order valence-electron chi connectivity index (χ0n) is 13.5. The van der Waals surface area contributed by atoms with Crippen LogP contribution in [0.3, 0.4) is 0 Å². The van der Waals surface area contributed by atoms with E-state index in [1.165, 1.54) is 30.3 Å². The minimum absolute atomic E-state index is 0.00926. The molecule has 0 spiro atoms. The molecule has 0 radical (unpaired) electrons. The molecule has 134 valence electrons. The number of nitrogens with one attached hydrogen (secondary N) is 1. The molecule has 0 amide bonds. The van der Waals surface area contributed by atoms with Gasteiger partial charge in [0, 0.05) is 17.3 Å². The van der Waals surface area contributed by atoms with Crippen LogP contribution in [0.25, 0.3) is 11.1 Å². The second kappa shape index (κ2) is 7.23. The van der Waals surface area contributed by atoms with Gasteiger partial charge in [-0.2, -0.15) is 0 Å². The highest BCUT2D eigenvalue weighted by Crippen LogP contribution is 2.25. The van der Waals surface area contributed by atoms with Crippen LogP contribution in [0.4, 0.5) is 14.5 Å². The monoisotopic (exact) mass is 375 g/mol. The van der Waals surface area contributed by atoms with Crippen molar-refractivity contribution in [3.05, 3.63) is 83.9 Å². The molecule has 26 heavy (non-hydrogen) atoms. The number of halogens is 2. The van der Waals surface area contributed by atoms with Crippen molar-refractivity contribution in [3.63, 3.8) is 0 Å². The Morgan fingerprint density at radius 3 is 2.12 bits per heavy atom. The molecule has 4 nitrogen and oxygen atoms in total. The molecule has 0 saturated heterocycles. The van der Waals surface area contributed by atoms with E-state index in [1.807, 2.05) is 0 Å². The summed E-state index contributed by atoms with van der Waals surface area (Å²) in [6.07, 6.45) is 0. The molecule has 7 heteroatoms. The number of benzene rings is 3. The standard InChI is InChI=1S/C19H15F2NO3S/c20-15-5-10-18(19(21)11-15)14-3-8-17(9-4-14)26(24,25)22-16-6-1-13(12-23)2-7-16/h1-11,22-23H,12H2. The molecule has 2 N–H and O–H groups in total. The first kappa shape index (κ1) is 18.0. The van der Waals surface area contributed by atoms with E-state index in [9.17, 15) is 17.2 Å². The topological polar surface area (TPSA) is 66.4 Å². The quantitative estimate of drug-likeness (QED) is 0.710. The Balaban J connectivity index is 1.84. The fraction of sp³-hybridized carbons (Fsp3) is 0.0526. The molecule has 0 atom stereocenters. The zero-order chi connectivity index (χ0) is 18.7. The van der Waals surface area contributed by atoms with E-state index in [0.29, 0.717) is 16.8 Å². The maximum Gasteiger partial charge on any atom is 0.261 e. The average Bonchev–Trinajstić information content (AvgIpc) is 2.62. The summed E-state index contributed by atoms with van der Waals surface area (Å²) in [5.74, 6) is -1.40. The number of anilines is 1. The minimum Gasteiger partial charge on any atom is -0.392 e. The van der Waals surface area contributed by atoms with Crippen molar-refractivity contribution in [2.75, 3.05) is 4.72 Å². The molecule has 0 fully saturated rings. The third-order valence-corrected chi connectivity index (χ3v) is 5.19. The number of aliphatic hydroxyl groups is 1. The van der Waals surface area contributed by atoms with E-state index in [1.54, 1.807) is 24.3 Å². The summed E-state index contributed by atoms with van der Waals surface area (Å²) in [7, 11) is -3.81. The third-order valence-electron chi connectivity index (χ3n) is 3.80. The zero-order valence-corrected chi connectivity index (χ0v) is 14.3. The van der Waals surface area contributed by atoms with E-state index in [4.69, 9.17) is 5.11 Å². The number of hydrogen-bond donors (Lipinski definition) is 2. The molecule has 0 aliphatic heterocycles. The van der Waals surface area contributed by atoms with E-state index in [2.05, 4.69) is 4.72 Å². The lowest BCUT2D eigenvalue weighted by molar-refractivity contribution is 0.282. The number of hydrogen-bond acceptors (Lipinski definition) is 3. The van der Waals surface area contributed by atoms with Crippen LogP contribution in [0.5, 0.6) is 0 Å². The highest BCUT2D eigenvalue weighted by Gasteiger charge is 2.15. The Hall–Kier alpha value is -2.77. The average molecular weight is 375 g/mol. The Morgan fingerprint density at radius 1 is 0.885 bits per heavy atom. The summed E-state index contributed by atoms with van der Waals surface area (Å²) in [5.41, 5.74) is 1.64. The summed E-state index contributed by atoms with van der Waals surface area (Å²) in [6, 6.07) is 15.1. The molecule has 0 saturated carbocycles. The second-order valence-electron chi connectivity index (χ2n) is 5.61. The van der Waals surface area contributed by atoms with Crippen molar-refractivity contribution in [2.24, 2.45) is 0 Å². The van der Waals surface area contributed by atoms with Crippen molar-refractivity contribution in [3.8, 4) is 11.1 Å². The van der Waals surface area contributed by atoms with Crippen LogP contribution >= 0.6 is 0 Å². The molecule has 0 aromatic heterocycles. The number of aliphatic hydroxyl groups excluding tert-OH is 1. The number of sulfonamides is 1. The van der Waals surface area contributed by atoms with Crippen LogP contribution in [0, 0.1) is 11.6 Å². The Labute approximate surface area is 149 Å². The molecule has 0 aliphatic rings. The third kappa shape index (κ3) is 3.89. The molecule has 3 aromatic rings. The summed E-state index contributed by atoms with van der Waals surface area (Å²) < 4.78 is 54.1. The SMILES string of the molecule is O=S(=O)(Nc1ccc(CO)cc1)c1ccc(-c2ccc(F)cc2F)cc1. The van der Waals surface area contributed by atoms with Crippen molar-refractivity contribution < 1.29 is 22.3 Å². The van der Waals surface area contributed by atoms with E-state index in [0.717, 1.165) is 12.1 Å². The van der Waals surface area contributed by atoms with Crippen molar-refractivity contribution in [1.82, 2.24) is 0 Å². The molecule has 3 rings (SSSR count). The van der Waals surface area contributed by atoms with Gasteiger partial charge in [0.25, 0.3) is 10.0 Å². The minimum atomic E-state index is -3.81. The molecule has 0 heterocycles. The van der Waals surface area contributed by atoms with Gasteiger partial charge < -0.3 is 5.11 Å². The van der Waals surface area contributed by atoms with Crippen LogP contribution in [0.2, 0.25) is 0 Å². The summed E-state index contributed by atoms with van der Waals surface area (Å²) >= 11 is 0. The van der Waals surface area contributed by atoms with Gasteiger partial charge in [0.1, 0.15) is 11.6 Å². The van der Waals surface area contributed by atoms with Gasteiger partial charge in [0.2, 0.25) is 0 Å². The van der Waals surface area contributed by atoms with Gasteiger partial charge in [0.05, 0.1) is 11.5 Å². The molecular weight excluding hydrogens is 360 g/mol. The van der Waals surface area contributed by atoms with E-state index >= 15 is 0 Å². The van der Waals surface area contributed by atoms with E-state index < -0.39 is 21.7 Å². The van der Waals surface area contributed by atoms with Gasteiger partial charge in [-0.3, -0.25) is 4.72 Å². The maximum absolute atomic E-state index is 13.8. The van der Waals surface area contributed by atoms with E-state index in [-0.39, 0.29) is 17.1 Å². The fourth-order valence-electron chi connectivity index (χ4n) is 2.43. The predicted octanol–water partition coefficient (Wildman–Crippen LogP) is 3.92. The first-order chi connectivity index (χ1) is 12.4. The van der Waals surface area contributed by atoms with Crippen LogP contribution < -0.4 is 4.72 Å². The van der Waals surface area contributed by atoms with Gasteiger partial charge in [-0.1, -0.05) is 24.3 Å². The summed E-state index contributed by atoms with van der Waals surface area (Å²) in [4.78, 5) is 0.00926. The van der Waals surface area contributed by atoms with Crippen LogP contribution in [-0.4, -0.2) is 13.5 Å².